The minimum Gasteiger partial charge on any atom is -0.361 e. The van der Waals surface area contributed by atoms with Gasteiger partial charge in [-0.1, -0.05) is 0 Å². The molecule has 0 aliphatic heterocycles. The van der Waals surface area contributed by atoms with Crippen LogP contribution in [0.2, 0.25) is 0 Å². The highest BCUT2D eigenvalue weighted by molar-refractivity contribution is 5.68. The van der Waals surface area contributed by atoms with Gasteiger partial charge in [-0.15, -0.1) is 0 Å². The molecule has 1 heterocycles. The molecule has 1 rings (SSSR count). The van der Waals surface area contributed by atoms with Crippen LogP contribution in [0.5, 0.6) is 0 Å². The van der Waals surface area contributed by atoms with Crippen LogP contribution < -0.4 is 0 Å². The van der Waals surface area contributed by atoms with E-state index in [0.29, 0.717) is 5.82 Å². The number of nitrogens with zero attached hydrogens (tertiary/aromatic N) is 4. The molecule has 0 aromatic carbocycles. The number of aromatic amines is 1. The van der Waals surface area contributed by atoms with Crippen molar-refractivity contribution in [1.29, 1.82) is 0 Å². The Hall–Kier alpha value is -1.48. The molecular formula is C3H3N5. The molecule has 0 radical (unpaired) electrons. The van der Waals surface area contributed by atoms with Gasteiger partial charge in [-0.2, -0.15) is 9.89 Å². The Morgan fingerprint density at radius 1 is 1.88 bits per heavy atom. The fourth-order valence-electron chi connectivity index (χ4n) is 0.332. The molecule has 8 heavy (non-hydrogen) atoms. The van der Waals surface area contributed by atoms with Gasteiger partial charge in [0.25, 0.3) is 0 Å². The Bertz CT molecular complexity index is 193. The molecule has 1 aromatic heterocycles. The summed E-state index contributed by atoms with van der Waals surface area (Å²) in [7, 11) is 0. The third-order valence-corrected chi connectivity index (χ3v) is 0.614. The minimum atomic E-state index is 0.438. The Kier molecular flexibility index (Phi) is 1.16. The van der Waals surface area contributed by atoms with E-state index in [0.717, 1.165) is 6.21 Å². The second kappa shape index (κ2) is 1.99. The summed E-state index contributed by atoms with van der Waals surface area (Å²) >= 11 is 0. The lowest BCUT2D eigenvalue weighted by molar-refractivity contribution is 0.00397. The van der Waals surface area contributed by atoms with Crippen molar-refractivity contribution < 1.29 is 4.79 Å². The van der Waals surface area contributed by atoms with E-state index < -0.39 is 0 Å². The van der Waals surface area contributed by atoms with E-state index in [4.69, 9.17) is 5.53 Å². The summed E-state index contributed by atoms with van der Waals surface area (Å²) in [5, 5.41) is 5.97. The Morgan fingerprint density at radius 2 is 2.75 bits per heavy atom. The Balaban J connectivity index is 2.93. The molecule has 0 spiro atoms. The molecule has 0 aliphatic rings. The second-order valence-corrected chi connectivity index (χ2v) is 1.12. The van der Waals surface area contributed by atoms with Crippen molar-refractivity contribution in [3.8, 4) is 0 Å². The van der Waals surface area contributed by atoms with Gasteiger partial charge in [-0.3, -0.25) is 5.10 Å². The van der Waals surface area contributed by atoms with Crippen molar-refractivity contribution in [3.63, 3.8) is 0 Å². The molecule has 0 saturated heterocycles. The van der Waals surface area contributed by atoms with E-state index in [1.54, 1.807) is 0 Å². The number of nitrogens with one attached hydrogen (secondary N) is 1. The molecule has 0 atom stereocenters. The maximum absolute atomic E-state index is 7.92. The summed E-state index contributed by atoms with van der Waals surface area (Å²) in [4.78, 5) is 6.35. The van der Waals surface area contributed by atoms with Crippen LogP contribution in [0.1, 0.15) is 5.82 Å². The normalized spacial score (nSPS) is 8.00. The molecule has 0 saturated carbocycles. The average Bonchev–Trinajstić information content (AvgIpc) is 2.19. The van der Waals surface area contributed by atoms with Gasteiger partial charge in [-0.05, 0) is 0 Å². The van der Waals surface area contributed by atoms with Gasteiger partial charge >= 0.3 is 6.21 Å². The number of hydrogen-bond donors (Lipinski definition) is 1. The Morgan fingerprint density at radius 3 is 3.25 bits per heavy atom. The van der Waals surface area contributed by atoms with Crippen LogP contribution in [0.3, 0.4) is 0 Å². The standard InChI is InChI=1S/C3H3N5/c4-6-1-3-5-2-7-8-3/h1-2H,(H,5,7,8). The van der Waals surface area contributed by atoms with Crippen molar-refractivity contribution in [3.05, 3.63) is 17.7 Å². The van der Waals surface area contributed by atoms with Gasteiger partial charge in [0.1, 0.15) is 6.33 Å². The van der Waals surface area contributed by atoms with E-state index in [-0.39, 0.29) is 0 Å². The maximum atomic E-state index is 7.92. The zero-order chi connectivity index (χ0) is 5.82. The molecule has 0 amide bonds. The van der Waals surface area contributed by atoms with Crippen LogP contribution in [-0.2, 0) is 0 Å². The number of aromatic nitrogens is 3. The minimum absolute atomic E-state index is 0.438. The lowest BCUT2D eigenvalue weighted by atomic mass is 10.7. The van der Waals surface area contributed by atoms with Crippen molar-refractivity contribution in [2.45, 2.75) is 0 Å². The fraction of sp³-hybridized carbons (Fsp3) is 0. The van der Waals surface area contributed by atoms with Gasteiger partial charge in [0, 0.05) is 0 Å². The van der Waals surface area contributed by atoms with Crippen molar-refractivity contribution in [1.82, 2.24) is 15.2 Å². The van der Waals surface area contributed by atoms with Crippen LogP contribution in [0.4, 0.5) is 0 Å². The van der Waals surface area contributed by atoms with E-state index in [1.165, 1.54) is 6.33 Å². The van der Waals surface area contributed by atoms with Gasteiger partial charge in [0.05, 0.1) is 0 Å². The monoisotopic (exact) mass is 109 g/mol. The summed E-state index contributed by atoms with van der Waals surface area (Å²) in [6.45, 7) is 0. The van der Waals surface area contributed by atoms with Crippen LogP contribution >= 0.6 is 0 Å². The summed E-state index contributed by atoms with van der Waals surface area (Å²) in [6.07, 6.45) is 2.49. The van der Waals surface area contributed by atoms with E-state index in [9.17, 15) is 0 Å². The fourth-order valence-corrected chi connectivity index (χ4v) is 0.332. The number of H-pyrrole nitrogens is 1. The largest absolute Gasteiger partial charge is 0.361 e. The van der Waals surface area contributed by atoms with Crippen LogP contribution in [0.15, 0.2) is 6.33 Å². The summed E-state index contributed by atoms with van der Waals surface area (Å²) in [5.41, 5.74) is 7.92. The zero-order valence-corrected chi connectivity index (χ0v) is 3.94. The van der Waals surface area contributed by atoms with Gasteiger partial charge in [0.15, 0.2) is 0 Å². The summed E-state index contributed by atoms with van der Waals surface area (Å²) in [6, 6.07) is 0. The first-order chi connectivity index (χ1) is 3.93. The highest BCUT2D eigenvalue weighted by Gasteiger charge is 1.89. The predicted octanol–water partition coefficient (Wildman–Crippen LogP) is -0.547. The zero-order valence-electron chi connectivity index (χ0n) is 3.94. The quantitative estimate of drug-likeness (QED) is 0.298. The van der Waals surface area contributed by atoms with Crippen molar-refractivity contribution >= 4 is 6.21 Å². The summed E-state index contributed by atoms with van der Waals surface area (Å²) in [5.74, 6) is 0.438. The lowest BCUT2D eigenvalue weighted by Crippen LogP contribution is -1.82. The second-order valence-electron chi connectivity index (χ2n) is 1.12. The molecule has 0 fully saturated rings. The number of rotatable bonds is 1. The van der Waals surface area contributed by atoms with Crippen LogP contribution in [0, 0.1) is 0 Å². The summed E-state index contributed by atoms with van der Waals surface area (Å²) < 4.78 is 0. The van der Waals surface area contributed by atoms with Gasteiger partial charge in [-0.25, -0.2) is 4.98 Å². The first-order valence-electron chi connectivity index (χ1n) is 1.96. The highest BCUT2D eigenvalue weighted by atomic mass is 15.2. The van der Waals surface area contributed by atoms with Crippen molar-refractivity contribution in [2.75, 3.05) is 0 Å². The predicted molar refractivity (Wildman–Crippen MR) is 25.2 cm³/mol. The molecule has 40 valence electrons. The third kappa shape index (κ3) is 0.772. The molecule has 0 aliphatic carbocycles. The highest BCUT2D eigenvalue weighted by Crippen LogP contribution is 1.72. The Labute approximate surface area is 45.0 Å². The first-order valence-corrected chi connectivity index (χ1v) is 1.96. The molecule has 1 aromatic rings. The smallest absolute Gasteiger partial charge is 0.324 e. The maximum Gasteiger partial charge on any atom is 0.324 e. The molecule has 0 bridgehead atoms. The average molecular weight is 109 g/mol. The van der Waals surface area contributed by atoms with E-state index >= 15 is 0 Å². The van der Waals surface area contributed by atoms with E-state index in [2.05, 4.69) is 20.0 Å². The van der Waals surface area contributed by atoms with E-state index in [1.807, 2.05) is 0 Å². The van der Waals surface area contributed by atoms with Gasteiger partial charge < -0.3 is 5.53 Å². The van der Waals surface area contributed by atoms with Gasteiger partial charge in [0.2, 0.25) is 5.82 Å². The number of hydrogen-bond acceptors (Lipinski definition) is 2. The topological polar surface area (TPSA) is 78.0 Å². The van der Waals surface area contributed by atoms with Crippen LogP contribution in [0.25, 0.3) is 5.53 Å². The van der Waals surface area contributed by atoms with Crippen LogP contribution in [-0.4, -0.2) is 26.2 Å². The third-order valence-electron chi connectivity index (χ3n) is 0.614. The molecule has 1 N–H and O–H groups in total. The first kappa shape index (κ1) is 4.67. The molecular weight excluding hydrogens is 106 g/mol. The SMILES string of the molecule is [N-]=[N+]=Cc1ncn[nH]1. The molecule has 5 heteroatoms. The molecule has 5 nitrogen and oxygen atoms in total. The van der Waals surface area contributed by atoms with Crippen molar-refractivity contribution in [2.24, 2.45) is 0 Å². The molecule has 0 unspecified atom stereocenters. The lowest BCUT2D eigenvalue weighted by Gasteiger charge is -1.63.